The van der Waals surface area contributed by atoms with E-state index in [9.17, 15) is 4.79 Å². The van der Waals surface area contributed by atoms with Gasteiger partial charge in [-0.3, -0.25) is 4.79 Å². The Morgan fingerprint density at radius 2 is 2.04 bits per heavy atom. The van der Waals surface area contributed by atoms with E-state index in [0.717, 1.165) is 11.1 Å². The molecule has 1 heterocycles. The number of benzene rings is 2. The van der Waals surface area contributed by atoms with E-state index in [1.54, 1.807) is 18.2 Å². The minimum atomic E-state index is -0.177. The van der Waals surface area contributed by atoms with Crippen molar-refractivity contribution in [1.82, 2.24) is 5.32 Å². The van der Waals surface area contributed by atoms with Crippen molar-refractivity contribution in [3.8, 4) is 5.75 Å². The molecular formula is C17H11Cl2NO2S2. The molecule has 1 fully saturated rings. The maximum absolute atomic E-state index is 11.7. The molecular weight excluding hydrogens is 385 g/mol. The molecule has 1 saturated heterocycles. The van der Waals surface area contributed by atoms with Crippen LogP contribution in [0.4, 0.5) is 0 Å². The average molecular weight is 396 g/mol. The molecule has 1 aliphatic rings. The highest BCUT2D eigenvalue weighted by molar-refractivity contribution is 8.26. The van der Waals surface area contributed by atoms with Gasteiger partial charge in [-0.15, -0.1) is 0 Å². The quantitative estimate of drug-likeness (QED) is 0.579. The average Bonchev–Trinajstić information content (AvgIpc) is 2.84. The number of halogens is 2. The summed E-state index contributed by atoms with van der Waals surface area (Å²) in [5, 5.41) is 3.74. The fourth-order valence-electron chi connectivity index (χ4n) is 2.07. The molecule has 0 saturated carbocycles. The molecule has 24 heavy (non-hydrogen) atoms. The molecule has 0 spiro atoms. The number of nitrogens with one attached hydrogen (secondary N) is 1. The van der Waals surface area contributed by atoms with Gasteiger partial charge in [0, 0.05) is 15.6 Å². The number of thiocarbonyl (C=S) groups is 1. The lowest BCUT2D eigenvalue weighted by molar-refractivity contribution is -0.115. The van der Waals surface area contributed by atoms with Gasteiger partial charge in [-0.2, -0.15) is 0 Å². The summed E-state index contributed by atoms with van der Waals surface area (Å²) in [6.45, 7) is 0.329. The third-order valence-electron chi connectivity index (χ3n) is 3.21. The fourth-order valence-corrected chi connectivity index (χ4v) is 3.57. The first-order valence-electron chi connectivity index (χ1n) is 6.93. The molecule has 3 nitrogen and oxygen atoms in total. The van der Waals surface area contributed by atoms with Crippen LogP contribution in [0.5, 0.6) is 5.75 Å². The molecule has 1 aliphatic heterocycles. The van der Waals surface area contributed by atoms with Crippen molar-refractivity contribution in [2.75, 3.05) is 0 Å². The van der Waals surface area contributed by atoms with E-state index in [1.165, 1.54) is 11.8 Å². The van der Waals surface area contributed by atoms with E-state index in [-0.39, 0.29) is 5.91 Å². The van der Waals surface area contributed by atoms with E-state index in [1.807, 2.05) is 30.3 Å². The highest BCUT2D eigenvalue weighted by atomic mass is 35.5. The number of carbonyl (C=O) groups excluding carboxylic acids is 1. The minimum absolute atomic E-state index is 0.177. The number of amides is 1. The molecule has 0 radical (unpaired) electrons. The summed E-state index contributed by atoms with van der Waals surface area (Å²) < 4.78 is 6.24. The third-order valence-corrected chi connectivity index (χ3v) is 4.96. The lowest BCUT2D eigenvalue weighted by atomic mass is 10.2. The molecule has 0 atom stereocenters. The Morgan fingerprint density at radius 1 is 1.21 bits per heavy atom. The SMILES string of the molecule is O=C1NC(=S)S/C1=C/c1cccc(OCc2ccc(Cl)cc2Cl)c1. The topological polar surface area (TPSA) is 38.3 Å². The zero-order valence-electron chi connectivity index (χ0n) is 12.2. The summed E-state index contributed by atoms with van der Waals surface area (Å²) in [5.41, 5.74) is 1.71. The van der Waals surface area contributed by atoms with Gasteiger partial charge in [0.25, 0.3) is 5.91 Å². The molecule has 2 aromatic rings. The zero-order valence-corrected chi connectivity index (χ0v) is 15.4. The number of ether oxygens (including phenoxy) is 1. The summed E-state index contributed by atoms with van der Waals surface area (Å²) >= 11 is 18.2. The van der Waals surface area contributed by atoms with Crippen molar-refractivity contribution in [3.63, 3.8) is 0 Å². The van der Waals surface area contributed by atoms with Crippen LogP contribution in [0, 0.1) is 0 Å². The predicted octanol–water partition coefficient (Wildman–Crippen LogP) is 5.06. The lowest BCUT2D eigenvalue weighted by Crippen LogP contribution is -2.17. The maximum Gasteiger partial charge on any atom is 0.263 e. The van der Waals surface area contributed by atoms with Gasteiger partial charge in [0.15, 0.2) is 0 Å². The van der Waals surface area contributed by atoms with Crippen molar-refractivity contribution in [3.05, 3.63) is 68.5 Å². The molecule has 7 heteroatoms. The standard InChI is InChI=1S/C17H11Cl2NO2S2/c18-12-5-4-11(14(19)8-12)9-22-13-3-1-2-10(6-13)7-15-16(21)20-17(23)24-15/h1-8H,9H2,(H,20,21,23)/b15-7+. The van der Waals surface area contributed by atoms with Crippen LogP contribution in [-0.4, -0.2) is 10.2 Å². The molecule has 122 valence electrons. The van der Waals surface area contributed by atoms with Crippen molar-refractivity contribution in [1.29, 1.82) is 0 Å². The van der Waals surface area contributed by atoms with Crippen LogP contribution in [0.15, 0.2) is 47.4 Å². The smallest absolute Gasteiger partial charge is 0.263 e. The van der Waals surface area contributed by atoms with Gasteiger partial charge >= 0.3 is 0 Å². The molecule has 0 unspecified atom stereocenters. The summed E-state index contributed by atoms with van der Waals surface area (Å²) in [4.78, 5) is 12.3. The van der Waals surface area contributed by atoms with Gasteiger partial charge in [-0.05, 0) is 35.9 Å². The Morgan fingerprint density at radius 3 is 2.75 bits per heavy atom. The number of hydrogen-bond acceptors (Lipinski definition) is 4. The van der Waals surface area contributed by atoms with Gasteiger partial charge in [-0.25, -0.2) is 0 Å². The molecule has 0 bridgehead atoms. The molecule has 3 rings (SSSR count). The Balaban J connectivity index is 1.73. The zero-order chi connectivity index (χ0) is 17.1. The Bertz CT molecular complexity index is 852. The van der Waals surface area contributed by atoms with Crippen molar-refractivity contribution < 1.29 is 9.53 Å². The van der Waals surface area contributed by atoms with Crippen LogP contribution < -0.4 is 10.1 Å². The van der Waals surface area contributed by atoms with Gasteiger partial charge in [0.2, 0.25) is 0 Å². The van der Waals surface area contributed by atoms with Crippen LogP contribution in [0.25, 0.3) is 6.08 Å². The Kier molecular flexibility index (Phi) is 5.46. The molecule has 0 aliphatic carbocycles. The summed E-state index contributed by atoms with van der Waals surface area (Å²) in [6, 6.07) is 12.7. The Hall–Kier alpha value is -1.53. The monoisotopic (exact) mass is 395 g/mol. The maximum atomic E-state index is 11.7. The largest absolute Gasteiger partial charge is 0.489 e. The van der Waals surface area contributed by atoms with Crippen molar-refractivity contribution in [2.24, 2.45) is 0 Å². The van der Waals surface area contributed by atoms with Gasteiger partial charge in [0.1, 0.15) is 16.7 Å². The van der Waals surface area contributed by atoms with Crippen molar-refractivity contribution in [2.45, 2.75) is 6.61 Å². The highest BCUT2D eigenvalue weighted by Gasteiger charge is 2.21. The van der Waals surface area contributed by atoms with E-state index >= 15 is 0 Å². The van der Waals surface area contributed by atoms with Gasteiger partial charge in [0.05, 0.1) is 4.91 Å². The van der Waals surface area contributed by atoms with Crippen LogP contribution in [0.1, 0.15) is 11.1 Å². The number of carbonyl (C=O) groups is 1. The van der Waals surface area contributed by atoms with Crippen LogP contribution >= 0.6 is 47.2 Å². The predicted molar refractivity (Wildman–Crippen MR) is 104 cm³/mol. The van der Waals surface area contributed by atoms with Crippen LogP contribution in [0.2, 0.25) is 10.0 Å². The first-order valence-corrected chi connectivity index (χ1v) is 8.91. The summed E-state index contributed by atoms with van der Waals surface area (Å²) in [7, 11) is 0. The van der Waals surface area contributed by atoms with E-state index < -0.39 is 0 Å². The van der Waals surface area contributed by atoms with E-state index in [2.05, 4.69) is 5.32 Å². The molecule has 2 aromatic carbocycles. The molecule has 0 aromatic heterocycles. The van der Waals surface area contributed by atoms with E-state index in [0.29, 0.717) is 31.6 Å². The summed E-state index contributed by atoms with van der Waals surface area (Å²) in [5.74, 6) is 0.505. The third kappa shape index (κ3) is 4.30. The first-order chi connectivity index (χ1) is 11.5. The highest BCUT2D eigenvalue weighted by Crippen LogP contribution is 2.27. The van der Waals surface area contributed by atoms with Gasteiger partial charge in [-0.1, -0.05) is 65.4 Å². The first kappa shape index (κ1) is 17.3. The minimum Gasteiger partial charge on any atom is -0.489 e. The number of hydrogen-bond donors (Lipinski definition) is 1. The number of thioether (sulfide) groups is 1. The van der Waals surface area contributed by atoms with Crippen LogP contribution in [0.3, 0.4) is 0 Å². The fraction of sp³-hybridized carbons (Fsp3) is 0.0588. The molecule has 1 N–H and O–H groups in total. The second-order valence-electron chi connectivity index (χ2n) is 4.95. The van der Waals surface area contributed by atoms with Crippen LogP contribution in [-0.2, 0) is 11.4 Å². The molecule has 1 amide bonds. The lowest BCUT2D eigenvalue weighted by Gasteiger charge is -2.09. The summed E-state index contributed by atoms with van der Waals surface area (Å²) in [6.07, 6.45) is 1.78. The second-order valence-corrected chi connectivity index (χ2v) is 7.51. The van der Waals surface area contributed by atoms with Gasteiger partial charge < -0.3 is 10.1 Å². The normalized spacial score (nSPS) is 15.7. The number of rotatable bonds is 4. The van der Waals surface area contributed by atoms with E-state index in [4.69, 9.17) is 40.2 Å². The van der Waals surface area contributed by atoms with Crippen molar-refractivity contribution >= 4 is 63.5 Å². The Labute approximate surface area is 159 Å². The second kappa shape index (κ2) is 7.57.